The molecule has 1 aliphatic rings. The normalized spacial score (nSPS) is 15.8. The summed E-state index contributed by atoms with van der Waals surface area (Å²) in [7, 11) is 1.80. The fourth-order valence-corrected chi connectivity index (χ4v) is 4.28. The van der Waals surface area contributed by atoms with Gasteiger partial charge in [-0.15, -0.1) is 11.3 Å². The van der Waals surface area contributed by atoms with E-state index in [1.807, 2.05) is 42.6 Å². The van der Waals surface area contributed by atoms with Gasteiger partial charge in [0.15, 0.2) is 5.11 Å². The van der Waals surface area contributed by atoms with Crippen molar-refractivity contribution >= 4 is 40.6 Å². The molecule has 2 aromatic carbocycles. The summed E-state index contributed by atoms with van der Waals surface area (Å²) in [6.45, 7) is 2.02. The summed E-state index contributed by atoms with van der Waals surface area (Å²) < 4.78 is 11.1. The maximum atomic E-state index is 13.1. The van der Waals surface area contributed by atoms with E-state index in [1.165, 1.54) is 11.3 Å². The second-order valence-electron chi connectivity index (χ2n) is 7.44. The number of hydrogen-bond donors (Lipinski definition) is 1. The van der Waals surface area contributed by atoms with Crippen molar-refractivity contribution in [3.63, 3.8) is 0 Å². The third-order valence-corrected chi connectivity index (χ3v) is 6.57. The molecule has 4 rings (SSSR count). The minimum absolute atomic E-state index is 0.176. The molecule has 1 aromatic heterocycles. The summed E-state index contributed by atoms with van der Waals surface area (Å²) in [6, 6.07) is 19.6. The topological polar surface area (TPSA) is 67.9 Å². The number of carbonyl (C=O) groups excluding carboxylic acids is 2. The maximum absolute atomic E-state index is 13.1. The summed E-state index contributed by atoms with van der Waals surface area (Å²) in [5.41, 5.74) is 2.90. The van der Waals surface area contributed by atoms with Gasteiger partial charge in [0.25, 0.3) is 0 Å². The summed E-state index contributed by atoms with van der Waals surface area (Å²) >= 11 is 6.77. The Labute approximate surface area is 201 Å². The lowest BCUT2D eigenvalue weighted by Gasteiger charge is -2.35. The van der Waals surface area contributed by atoms with E-state index in [4.69, 9.17) is 21.7 Å². The largest absolute Gasteiger partial charge is 0.457 e. The third kappa shape index (κ3) is 5.13. The van der Waals surface area contributed by atoms with Crippen molar-refractivity contribution in [2.75, 3.05) is 7.05 Å². The molecule has 0 bridgehead atoms. The zero-order valence-electron chi connectivity index (χ0n) is 18.1. The number of thiocarbonyl (C=S) groups is 1. The summed E-state index contributed by atoms with van der Waals surface area (Å²) in [4.78, 5) is 27.6. The lowest BCUT2D eigenvalue weighted by atomic mass is 9.95. The average Bonchev–Trinajstić information content (AvgIpc) is 3.37. The molecule has 0 saturated carbocycles. The van der Waals surface area contributed by atoms with E-state index in [0.29, 0.717) is 21.3 Å². The van der Waals surface area contributed by atoms with Crippen molar-refractivity contribution in [1.29, 1.82) is 0 Å². The first-order valence-electron chi connectivity index (χ1n) is 10.3. The molecule has 33 heavy (non-hydrogen) atoms. The van der Waals surface area contributed by atoms with Gasteiger partial charge in [-0.05, 0) is 53.8 Å². The lowest BCUT2D eigenvalue weighted by molar-refractivity contribution is -0.140. The highest BCUT2D eigenvalue weighted by molar-refractivity contribution is 7.80. The average molecular weight is 479 g/mol. The van der Waals surface area contributed by atoms with Crippen LogP contribution in [0.15, 0.2) is 83.4 Å². The van der Waals surface area contributed by atoms with Crippen molar-refractivity contribution in [1.82, 2.24) is 10.2 Å². The maximum Gasteiger partial charge on any atom is 0.353 e. The van der Waals surface area contributed by atoms with E-state index < -0.39 is 18.0 Å². The van der Waals surface area contributed by atoms with Gasteiger partial charge in [-0.3, -0.25) is 0 Å². The number of esters is 2. The SMILES string of the molecule is CC1=C(C(=O)OCc2ccccc2)[C@H](c2ccc(OC(=O)c3cccs3)cc2)NC(=S)N1C. The Morgan fingerprint density at radius 2 is 1.76 bits per heavy atom. The summed E-state index contributed by atoms with van der Waals surface area (Å²) in [6.07, 6.45) is 0. The van der Waals surface area contributed by atoms with Gasteiger partial charge in [-0.25, -0.2) is 9.59 Å². The molecule has 168 valence electrons. The van der Waals surface area contributed by atoms with Crippen molar-refractivity contribution in [2.45, 2.75) is 19.6 Å². The predicted molar refractivity (Wildman–Crippen MR) is 131 cm³/mol. The Morgan fingerprint density at radius 3 is 2.42 bits per heavy atom. The van der Waals surface area contributed by atoms with Crippen LogP contribution in [0.4, 0.5) is 0 Å². The van der Waals surface area contributed by atoms with Crippen LogP contribution in [-0.4, -0.2) is 29.0 Å². The van der Waals surface area contributed by atoms with Gasteiger partial charge in [0.2, 0.25) is 0 Å². The first-order valence-corrected chi connectivity index (χ1v) is 11.5. The molecule has 1 aliphatic heterocycles. The molecule has 6 nitrogen and oxygen atoms in total. The molecule has 1 N–H and O–H groups in total. The number of rotatable bonds is 6. The second-order valence-corrected chi connectivity index (χ2v) is 8.77. The van der Waals surface area contributed by atoms with Gasteiger partial charge in [0, 0.05) is 12.7 Å². The van der Waals surface area contributed by atoms with Crippen molar-refractivity contribution in [3.05, 3.63) is 99.4 Å². The van der Waals surface area contributed by atoms with Crippen molar-refractivity contribution in [2.24, 2.45) is 0 Å². The van der Waals surface area contributed by atoms with E-state index in [2.05, 4.69) is 5.32 Å². The number of carbonyl (C=O) groups is 2. The zero-order valence-corrected chi connectivity index (χ0v) is 19.7. The molecule has 0 aliphatic carbocycles. The van der Waals surface area contributed by atoms with Crippen LogP contribution < -0.4 is 10.1 Å². The van der Waals surface area contributed by atoms with Gasteiger partial charge in [0.05, 0.1) is 11.6 Å². The fourth-order valence-electron chi connectivity index (χ4n) is 3.43. The van der Waals surface area contributed by atoms with E-state index in [1.54, 1.807) is 48.3 Å². The van der Waals surface area contributed by atoms with Crippen LogP contribution in [0.25, 0.3) is 0 Å². The van der Waals surface area contributed by atoms with Crippen LogP contribution in [0.5, 0.6) is 5.75 Å². The number of hydrogen-bond acceptors (Lipinski definition) is 6. The zero-order chi connectivity index (χ0) is 23.4. The van der Waals surface area contributed by atoms with E-state index in [-0.39, 0.29) is 6.61 Å². The number of nitrogens with one attached hydrogen (secondary N) is 1. The molecule has 0 unspecified atom stereocenters. The van der Waals surface area contributed by atoms with Crippen LogP contribution in [0.1, 0.15) is 33.8 Å². The van der Waals surface area contributed by atoms with Gasteiger partial charge >= 0.3 is 11.9 Å². The van der Waals surface area contributed by atoms with Crippen molar-refractivity contribution in [3.8, 4) is 5.75 Å². The quantitative estimate of drug-likeness (QED) is 0.309. The lowest BCUT2D eigenvalue weighted by Crippen LogP contribution is -2.46. The number of thiophene rings is 1. The van der Waals surface area contributed by atoms with E-state index >= 15 is 0 Å². The molecule has 0 radical (unpaired) electrons. The molecular weight excluding hydrogens is 456 g/mol. The molecule has 2 heterocycles. The monoisotopic (exact) mass is 478 g/mol. The van der Waals surface area contributed by atoms with Gasteiger partial charge < -0.3 is 19.7 Å². The Balaban J connectivity index is 1.54. The van der Waals surface area contributed by atoms with Gasteiger partial charge in [0.1, 0.15) is 17.2 Å². The van der Waals surface area contributed by atoms with Crippen LogP contribution in [0.2, 0.25) is 0 Å². The minimum Gasteiger partial charge on any atom is -0.457 e. The predicted octanol–water partition coefficient (Wildman–Crippen LogP) is 4.85. The highest BCUT2D eigenvalue weighted by Gasteiger charge is 2.33. The molecular formula is C25H22N2O4S2. The molecule has 0 saturated heterocycles. The van der Waals surface area contributed by atoms with Gasteiger partial charge in [-0.2, -0.15) is 0 Å². The molecule has 0 amide bonds. The first kappa shape index (κ1) is 22.7. The number of benzene rings is 2. The second kappa shape index (κ2) is 9.97. The van der Waals surface area contributed by atoms with Crippen molar-refractivity contribution < 1.29 is 19.1 Å². The highest BCUT2D eigenvalue weighted by Crippen LogP contribution is 2.32. The molecule has 8 heteroatoms. The van der Waals surface area contributed by atoms with E-state index in [0.717, 1.165) is 16.8 Å². The highest BCUT2D eigenvalue weighted by atomic mass is 32.1. The summed E-state index contributed by atoms with van der Waals surface area (Å²) in [5.74, 6) is -0.407. The Bertz CT molecular complexity index is 1190. The molecule has 0 fully saturated rings. The minimum atomic E-state index is -0.487. The fraction of sp³-hybridized carbons (Fsp3) is 0.160. The first-order chi connectivity index (χ1) is 15.9. The molecule has 1 atom stereocenters. The van der Waals surface area contributed by atoms with Crippen LogP contribution in [-0.2, 0) is 16.1 Å². The summed E-state index contributed by atoms with van der Waals surface area (Å²) in [5, 5.41) is 5.54. The standard InChI is InChI=1S/C25H22N2O4S2/c1-16-21(24(29)30-15-17-7-4-3-5-8-17)22(26-25(32)27(16)2)18-10-12-19(13-11-18)31-23(28)20-9-6-14-33-20/h3-14,22H,15H2,1-2H3,(H,26,32)/t22-/m0/s1. The van der Waals surface area contributed by atoms with Gasteiger partial charge in [-0.1, -0.05) is 48.5 Å². The molecule has 3 aromatic rings. The Kier molecular flexibility index (Phi) is 6.86. The van der Waals surface area contributed by atoms with Crippen LogP contribution >= 0.6 is 23.6 Å². The van der Waals surface area contributed by atoms with Crippen LogP contribution in [0, 0.1) is 0 Å². The van der Waals surface area contributed by atoms with E-state index in [9.17, 15) is 9.59 Å². The Morgan fingerprint density at radius 1 is 1.03 bits per heavy atom. The number of nitrogens with zero attached hydrogens (tertiary/aromatic N) is 1. The smallest absolute Gasteiger partial charge is 0.353 e. The van der Waals surface area contributed by atoms with Crippen LogP contribution in [0.3, 0.4) is 0 Å². The number of allylic oxidation sites excluding steroid dienone is 1. The number of ether oxygens (including phenoxy) is 2. The molecule has 0 spiro atoms. The third-order valence-electron chi connectivity index (χ3n) is 5.33. The Hall–Kier alpha value is -3.49.